The number of hydrogen-bond donors (Lipinski definition) is 1. The molecule has 1 aromatic heterocycles. The average molecular weight is 254 g/mol. The quantitative estimate of drug-likeness (QED) is 0.875. The van der Waals surface area contributed by atoms with Crippen LogP contribution in [-0.2, 0) is 11.3 Å². The molecule has 0 saturated heterocycles. The van der Waals surface area contributed by atoms with Crippen molar-refractivity contribution in [2.45, 2.75) is 45.8 Å². The van der Waals surface area contributed by atoms with Gasteiger partial charge in [-0.1, -0.05) is 6.07 Å². The van der Waals surface area contributed by atoms with Gasteiger partial charge in [-0.2, -0.15) is 0 Å². The number of likely N-dealkylation sites (N-methyl/N-ethyl adjacent to an activating group) is 1. The molecule has 0 aromatic carbocycles. The summed E-state index contributed by atoms with van der Waals surface area (Å²) in [6, 6.07) is 4.29. The van der Waals surface area contributed by atoms with Crippen molar-refractivity contribution in [1.29, 1.82) is 0 Å². The largest absolute Gasteiger partial charge is 0.334 e. The minimum absolute atomic E-state index is 0.142. The molecule has 3 nitrogen and oxygen atoms in total. The van der Waals surface area contributed by atoms with E-state index in [2.05, 4.69) is 25.2 Å². The van der Waals surface area contributed by atoms with E-state index in [0.29, 0.717) is 6.54 Å². The number of rotatable bonds is 5. The molecule has 17 heavy (non-hydrogen) atoms. The van der Waals surface area contributed by atoms with Gasteiger partial charge in [-0.25, -0.2) is 0 Å². The van der Waals surface area contributed by atoms with Gasteiger partial charge in [0.05, 0.1) is 12.1 Å². The summed E-state index contributed by atoms with van der Waals surface area (Å²) < 4.78 is 0. The third kappa shape index (κ3) is 3.54. The van der Waals surface area contributed by atoms with Gasteiger partial charge in [0.25, 0.3) is 0 Å². The predicted molar refractivity (Wildman–Crippen MR) is 73.1 cm³/mol. The Kier molecular flexibility index (Phi) is 4.71. The zero-order chi connectivity index (χ0) is 13.1. The highest BCUT2D eigenvalue weighted by Crippen LogP contribution is 2.17. The van der Waals surface area contributed by atoms with Gasteiger partial charge in [0, 0.05) is 10.9 Å². The first kappa shape index (κ1) is 14.2. The Morgan fingerprint density at radius 2 is 2.18 bits per heavy atom. The second-order valence-electron chi connectivity index (χ2n) is 4.98. The summed E-state index contributed by atoms with van der Waals surface area (Å²) in [6.07, 6.45) is 0. The molecule has 1 amide bonds. The van der Waals surface area contributed by atoms with E-state index in [4.69, 9.17) is 0 Å². The molecule has 0 aliphatic heterocycles. The SMILES string of the molecule is CNC(C)(C)C(=O)N(Cc1cccs1)C(C)C. The highest BCUT2D eigenvalue weighted by atomic mass is 32.1. The lowest BCUT2D eigenvalue weighted by molar-refractivity contribution is -0.139. The van der Waals surface area contributed by atoms with E-state index >= 15 is 0 Å². The fourth-order valence-electron chi connectivity index (χ4n) is 1.53. The monoisotopic (exact) mass is 254 g/mol. The highest BCUT2D eigenvalue weighted by molar-refractivity contribution is 7.09. The first-order valence-electron chi connectivity index (χ1n) is 5.91. The molecular weight excluding hydrogens is 232 g/mol. The molecule has 0 saturated carbocycles. The maximum absolute atomic E-state index is 12.4. The summed E-state index contributed by atoms with van der Waals surface area (Å²) in [4.78, 5) is 15.6. The van der Waals surface area contributed by atoms with Gasteiger partial charge in [0.15, 0.2) is 0 Å². The zero-order valence-electron chi connectivity index (χ0n) is 11.3. The van der Waals surface area contributed by atoms with Crippen LogP contribution in [0.2, 0.25) is 0 Å². The summed E-state index contributed by atoms with van der Waals surface area (Å²) in [7, 11) is 1.82. The Balaban J connectivity index is 2.83. The molecule has 1 aromatic rings. The van der Waals surface area contributed by atoms with Crippen molar-refractivity contribution in [3.8, 4) is 0 Å². The minimum Gasteiger partial charge on any atom is -0.334 e. The van der Waals surface area contributed by atoms with Crippen molar-refractivity contribution < 1.29 is 4.79 Å². The van der Waals surface area contributed by atoms with Crippen LogP contribution >= 0.6 is 11.3 Å². The second kappa shape index (κ2) is 5.65. The molecule has 4 heteroatoms. The van der Waals surface area contributed by atoms with Gasteiger partial charge in [-0.3, -0.25) is 4.79 Å². The van der Waals surface area contributed by atoms with Crippen LogP contribution in [-0.4, -0.2) is 29.4 Å². The Labute approximate surface area is 108 Å². The summed E-state index contributed by atoms with van der Waals surface area (Å²) in [5, 5.41) is 5.11. The summed E-state index contributed by atoms with van der Waals surface area (Å²) in [5.41, 5.74) is -0.512. The fourth-order valence-corrected chi connectivity index (χ4v) is 2.23. The van der Waals surface area contributed by atoms with Crippen LogP contribution < -0.4 is 5.32 Å². The molecule has 0 spiro atoms. The van der Waals surface area contributed by atoms with Gasteiger partial charge in [-0.15, -0.1) is 11.3 Å². The first-order chi connectivity index (χ1) is 7.88. The van der Waals surface area contributed by atoms with Crippen molar-refractivity contribution in [3.63, 3.8) is 0 Å². The van der Waals surface area contributed by atoms with Crippen molar-refractivity contribution in [1.82, 2.24) is 10.2 Å². The fraction of sp³-hybridized carbons (Fsp3) is 0.615. The molecule has 1 N–H and O–H groups in total. The van der Waals surface area contributed by atoms with Crippen LogP contribution in [0.25, 0.3) is 0 Å². The standard InChI is InChI=1S/C13H22N2OS/c1-10(2)15(9-11-7-6-8-17-11)12(16)13(3,4)14-5/h6-8,10,14H,9H2,1-5H3. The van der Waals surface area contributed by atoms with Gasteiger partial charge in [0.1, 0.15) is 0 Å². The van der Waals surface area contributed by atoms with E-state index in [1.54, 1.807) is 11.3 Å². The average Bonchev–Trinajstić information content (AvgIpc) is 2.77. The molecule has 0 unspecified atom stereocenters. The second-order valence-corrected chi connectivity index (χ2v) is 6.01. The third-order valence-electron chi connectivity index (χ3n) is 2.95. The topological polar surface area (TPSA) is 32.3 Å². The van der Waals surface area contributed by atoms with Crippen LogP contribution in [0.3, 0.4) is 0 Å². The van der Waals surface area contributed by atoms with Gasteiger partial charge in [-0.05, 0) is 46.2 Å². The Bertz CT molecular complexity index is 358. The molecule has 0 radical (unpaired) electrons. The maximum atomic E-state index is 12.4. The van der Waals surface area contributed by atoms with Gasteiger partial charge in [0.2, 0.25) is 5.91 Å². The molecule has 0 bridgehead atoms. The van der Waals surface area contributed by atoms with E-state index in [9.17, 15) is 4.79 Å². The van der Waals surface area contributed by atoms with Crippen LogP contribution in [0, 0.1) is 0 Å². The number of hydrogen-bond acceptors (Lipinski definition) is 3. The van der Waals surface area contributed by atoms with Gasteiger partial charge >= 0.3 is 0 Å². The first-order valence-corrected chi connectivity index (χ1v) is 6.79. The highest BCUT2D eigenvalue weighted by Gasteiger charge is 2.31. The Morgan fingerprint density at radius 3 is 2.59 bits per heavy atom. The van der Waals surface area contributed by atoms with E-state index in [0.717, 1.165) is 0 Å². The van der Waals surface area contributed by atoms with Crippen LogP contribution in [0.5, 0.6) is 0 Å². The lowest BCUT2D eigenvalue weighted by Gasteiger charge is -2.34. The van der Waals surface area contributed by atoms with Crippen molar-refractivity contribution in [2.75, 3.05) is 7.05 Å². The zero-order valence-corrected chi connectivity index (χ0v) is 12.1. The number of amides is 1. The van der Waals surface area contributed by atoms with Crippen molar-refractivity contribution in [2.24, 2.45) is 0 Å². The number of carbonyl (C=O) groups is 1. The molecule has 0 atom stereocenters. The summed E-state index contributed by atoms with van der Waals surface area (Å²) in [6.45, 7) is 8.63. The molecule has 0 fully saturated rings. The number of carbonyl (C=O) groups excluding carboxylic acids is 1. The Hall–Kier alpha value is -0.870. The lowest BCUT2D eigenvalue weighted by Crippen LogP contribution is -2.54. The molecule has 1 rings (SSSR count). The third-order valence-corrected chi connectivity index (χ3v) is 3.81. The number of thiophene rings is 1. The van der Waals surface area contributed by atoms with E-state index in [1.165, 1.54) is 4.88 Å². The Morgan fingerprint density at radius 1 is 1.53 bits per heavy atom. The summed E-state index contributed by atoms with van der Waals surface area (Å²) in [5.74, 6) is 0.142. The molecule has 0 aliphatic carbocycles. The smallest absolute Gasteiger partial charge is 0.242 e. The van der Waals surface area contributed by atoms with Crippen LogP contribution in [0.15, 0.2) is 17.5 Å². The number of nitrogens with zero attached hydrogens (tertiary/aromatic N) is 1. The normalized spacial score (nSPS) is 11.9. The predicted octanol–water partition coefficient (Wildman–Crippen LogP) is 2.48. The molecular formula is C13H22N2OS. The number of nitrogens with one attached hydrogen (secondary N) is 1. The lowest BCUT2D eigenvalue weighted by atomic mass is 10.0. The molecule has 0 aliphatic rings. The minimum atomic E-state index is -0.512. The van der Waals surface area contributed by atoms with Crippen molar-refractivity contribution in [3.05, 3.63) is 22.4 Å². The van der Waals surface area contributed by atoms with Crippen LogP contribution in [0.4, 0.5) is 0 Å². The van der Waals surface area contributed by atoms with E-state index < -0.39 is 5.54 Å². The molecule has 1 heterocycles. The maximum Gasteiger partial charge on any atom is 0.242 e. The van der Waals surface area contributed by atoms with Crippen LogP contribution in [0.1, 0.15) is 32.6 Å². The van der Waals surface area contributed by atoms with E-state index in [-0.39, 0.29) is 11.9 Å². The molecule has 96 valence electrons. The van der Waals surface area contributed by atoms with Gasteiger partial charge < -0.3 is 10.2 Å². The van der Waals surface area contributed by atoms with E-state index in [1.807, 2.05) is 37.2 Å². The summed E-state index contributed by atoms with van der Waals surface area (Å²) >= 11 is 1.69. The van der Waals surface area contributed by atoms with Crippen molar-refractivity contribution >= 4 is 17.2 Å².